The zero-order valence-electron chi connectivity index (χ0n) is 21.1. The highest BCUT2D eigenvalue weighted by Gasteiger charge is 2.29. The van der Waals surface area contributed by atoms with Gasteiger partial charge in [-0.25, -0.2) is 0 Å². The Bertz CT molecular complexity index is 757. The van der Waals surface area contributed by atoms with Crippen LogP contribution in [0.2, 0.25) is 0 Å². The molecule has 0 aliphatic carbocycles. The Balaban J connectivity index is 1.87. The van der Waals surface area contributed by atoms with Crippen LogP contribution in [0.15, 0.2) is 36.4 Å². The number of phenolic OH excluding ortho intramolecular Hbond substituents is 2. The van der Waals surface area contributed by atoms with E-state index in [0.29, 0.717) is 11.5 Å². The number of rotatable bonds is 15. The Morgan fingerprint density at radius 2 is 0.969 bits per heavy atom. The first-order valence-corrected chi connectivity index (χ1v) is 13.0. The van der Waals surface area contributed by atoms with Crippen LogP contribution in [0.1, 0.15) is 120 Å². The maximum absolute atomic E-state index is 10.0. The van der Waals surface area contributed by atoms with E-state index in [1.807, 2.05) is 26.0 Å². The van der Waals surface area contributed by atoms with Crippen LogP contribution in [0.25, 0.3) is 0 Å². The fourth-order valence-electron chi connectivity index (χ4n) is 4.77. The molecule has 0 amide bonds. The van der Waals surface area contributed by atoms with Gasteiger partial charge in [0.1, 0.15) is 11.5 Å². The van der Waals surface area contributed by atoms with E-state index in [1.54, 1.807) is 0 Å². The van der Waals surface area contributed by atoms with Crippen molar-refractivity contribution in [1.82, 2.24) is 0 Å². The smallest absolute Gasteiger partial charge is 0.118 e. The molecule has 0 saturated heterocycles. The fraction of sp³-hybridized carbons (Fsp3) is 0.600. The molecule has 32 heavy (non-hydrogen) atoms. The Kier molecular flexibility index (Phi) is 11.1. The van der Waals surface area contributed by atoms with Crippen LogP contribution in [0.4, 0.5) is 0 Å². The van der Waals surface area contributed by atoms with Gasteiger partial charge in [-0.05, 0) is 54.7 Å². The lowest BCUT2D eigenvalue weighted by molar-refractivity contribution is 0.456. The summed E-state index contributed by atoms with van der Waals surface area (Å²) in [7, 11) is 0. The van der Waals surface area contributed by atoms with E-state index in [1.165, 1.54) is 88.2 Å². The first-order valence-electron chi connectivity index (χ1n) is 13.0. The molecule has 0 atom stereocenters. The molecule has 2 aromatic carbocycles. The summed E-state index contributed by atoms with van der Waals surface area (Å²) in [5.74, 6) is 0.701. The van der Waals surface area contributed by atoms with Crippen LogP contribution in [0.3, 0.4) is 0 Å². The van der Waals surface area contributed by atoms with Crippen molar-refractivity contribution in [1.29, 1.82) is 0 Å². The molecule has 0 aliphatic heterocycles. The molecule has 2 rings (SSSR count). The van der Waals surface area contributed by atoms with Gasteiger partial charge in [0.05, 0.1) is 0 Å². The maximum Gasteiger partial charge on any atom is 0.118 e. The van der Waals surface area contributed by atoms with Gasteiger partial charge in [0.2, 0.25) is 0 Å². The van der Waals surface area contributed by atoms with Crippen LogP contribution in [0.5, 0.6) is 11.5 Å². The van der Waals surface area contributed by atoms with E-state index < -0.39 is 0 Å². The molecule has 0 heterocycles. The maximum atomic E-state index is 10.0. The van der Waals surface area contributed by atoms with Crippen molar-refractivity contribution in [2.45, 2.75) is 117 Å². The van der Waals surface area contributed by atoms with Crippen LogP contribution in [-0.2, 0) is 5.41 Å². The average molecular weight is 439 g/mol. The van der Waals surface area contributed by atoms with Gasteiger partial charge >= 0.3 is 0 Å². The molecule has 178 valence electrons. The number of phenols is 2. The monoisotopic (exact) mass is 438 g/mol. The predicted octanol–water partition coefficient (Wildman–Crippen LogP) is 9.11. The molecule has 0 unspecified atom stereocenters. The minimum absolute atomic E-state index is 0.130. The summed E-state index contributed by atoms with van der Waals surface area (Å²) < 4.78 is 0. The first kappa shape index (κ1) is 26.3. The summed E-state index contributed by atoms with van der Waals surface area (Å²) >= 11 is 0. The van der Waals surface area contributed by atoms with Crippen molar-refractivity contribution < 1.29 is 10.2 Å². The van der Waals surface area contributed by atoms with E-state index in [2.05, 4.69) is 38.1 Å². The molecular formula is C30H46O2. The zero-order valence-corrected chi connectivity index (χ0v) is 21.1. The highest BCUT2D eigenvalue weighted by atomic mass is 16.3. The number of aryl methyl sites for hydroxylation is 2. The molecular weight excluding hydrogens is 392 g/mol. The molecule has 2 N–H and O–H groups in total. The number of hydrogen-bond acceptors (Lipinski definition) is 2. The molecule has 0 radical (unpaired) electrons. The summed E-state index contributed by atoms with van der Waals surface area (Å²) in [6.45, 7) is 8.51. The minimum Gasteiger partial charge on any atom is -0.508 e. The Morgan fingerprint density at radius 1 is 0.594 bits per heavy atom. The van der Waals surface area contributed by atoms with Crippen molar-refractivity contribution >= 4 is 0 Å². The second-order valence-corrected chi connectivity index (χ2v) is 9.97. The fourth-order valence-corrected chi connectivity index (χ4v) is 4.77. The van der Waals surface area contributed by atoms with Gasteiger partial charge in [0.25, 0.3) is 0 Å². The van der Waals surface area contributed by atoms with Gasteiger partial charge in [0, 0.05) is 5.41 Å². The van der Waals surface area contributed by atoms with Crippen LogP contribution < -0.4 is 0 Å². The highest BCUT2D eigenvalue weighted by molar-refractivity contribution is 5.47. The van der Waals surface area contributed by atoms with Gasteiger partial charge in [-0.3, -0.25) is 0 Å². The Hall–Kier alpha value is -1.96. The van der Waals surface area contributed by atoms with Crippen molar-refractivity contribution in [2.75, 3.05) is 0 Å². The number of aromatic hydroxyl groups is 2. The molecule has 0 spiro atoms. The van der Waals surface area contributed by atoms with Crippen molar-refractivity contribution in [3.63, 3.8) is 0 Å². The topological polar surface area (TPSA) is 40.5 Å². The van der Waals surface area contributed by atoms with E-state index in [-0.39, 0.29) is 5.41 Å². The van der Waals surface area contributed by atoms with Crippen molar-refractivity contribution in [3.8, 4) is 11.5 Å². The average Bonchev–Trinajstić information content (AvgIpc) is 2.78. The Labute approximate surface area is 197 Å². The third kappa shape index (κ3) is 7.87. The third-order valence-electron chi connectivity index (χ3n) is 7.20. The van der Waals surface area contributed by atoms with Crippen LogP contribution in [-0.4, -0.2) is 10.2 Å². The standard InChI is InChI=1S/C30H46O2/c1-5-6-7-8-9-10-11-12-13-14-15-16-21-30(4,26-17-19-28(31)24(2)22-26)27-18-20-29(32)25(3)23-27/h17-20,22-23,31-32H,5-16,21H2,1-4H3. The van der Waals surface area contributed by atoms with Gasteiger partial charge in [-0.15, -0.1) is 0 Å². The summed E-state index contributed by atoms with van der Waals surface area (Å²) in [5, 5.41) is 20.0. The van der Waals surface area contributed by atoms with E-state index >= 15 is 0 Å². The lowest BCUT2D eigenvalue weighted by atomic mass is 9.72. The molecule has 0 bridgehead atoms. The normalized spacial score (nSPS) is 11.8. The summed E-state index contributed by atoms with van der Waals surface area (Å²) in [5.41, 5.74) is 4.18. The zero-order chi connectivity index (χ0) is 23.4. The first-order chi connectivity index (χ1) is 15.4. The SMILES string of the molecule is CCCCCCCCCCCCCCC(C)(c1ccc(O)c(C)c1)c1ccc(O)c(C)c1. The van der Waals surface area contributed by atoms with Gasteiger partial charge in [-0.1, -0.05) is 115 Å². The van der Waals surface area contributed by atoms with Gasteiger partial charge in [0.15, 0.2) is 0 Å². The molecule has 0 saturated carbocycles. The van der Waals surface area contributed by atoms with E-state index in [9.17, 15) is 10.2 Å². The number of unbranched alkanes of at least 4 members (excludes halogenated alkanes) is 11. The van der Waals surface area contributed by atoms with Crippen molar-refractivity contribution in [2.24, 2.45) is 0 Å². The molecule has 2 aromatic rings. The molecule has 0 aliphatic rings. The highest BCUT2D eigenvalue weighted by Crippen LogP contribution is 2.40. The molecule has 2 heteroatoms. The number of benzene rings is 2. The number of hydrogen-bond donors (Lipinski definition) is 2. The second-order valence-electron chi connectivity index (χ2n) is 9.97. The molecule has 2 nitrogen and oxygen atoms in total. The van der Waals surface area contributed by atoms with E-state index in [0.717, 1.165) is 17.5 Å². The van der Waals surface area contributed by atoms with Crippen LogP contribution in [0, 0.1) is 13.8 Å². The largest absolute Gasteiger partial charge is 0.508 e. The lowest BCUT2D eigenvalue weighted by Crippen LogP contribution is -2.24. The van der Waals surface area contributed by atoms with Crippen molar-refractivity contribution in [3.05, 3.63) is 58.7 Å². The predicted molar refractivity (Wildman–Crippen MR) is 138 cm³/mol. The summed E-state index contributed by atoms with van der Waals surface area (Å²) in [4.78, 5) is 0. The lowest BCUT2D eigenvalue weighted by Gasteiger charge is -2.32. The minimum atomic E-state index is -0.130. The quantitative estimate of drug-likeness (QED) is 0.272. The summed E-state index contributed by atoms with van der Waals surface area (Å²) in [6.07, 6.45) is 17.3. The molecule has 0 fully saturated rings. The van der Waals surface area contributed by atoms with Gasteiger partial charge in [-0.2, -0.15) is 0 Å². The van der Waals surface area contributed by atoms with E-state index in [4.69, 9.17) is 0 Å². The Morgan fingerprint density at radius 3 is 1.34 bits per heavy atom. The molecule has 0 aromatic heterocycles. The van der Waals surface area contributed by atoms with Gasteiger partial charge < -0.3 is 10.2 Å². The third-order valence-corrected chi connectivity index (χ3v) is 7.20. The second kappa shape index (κ2) is 13.6. The summed E-state index contributed by atoms with van der Waals surface area (Å²) in [6, 6.07) is 12.0. The van der Waals surface area contributed by atoms with Crippen LogP contribution >= 0.6 is 0 Å².